The summed E-state index contributed by atoms with van der Waals surface area (Å²) >= 11 is 6.08. The Morgan fingerprint density at radius 2 is 1.59 bits per heavy atom. The SMILES string of the molecule is COc1cc(-c2ccc(N3CCN(C(=O)C(C)Oc4ccc(Cl)c(C)c4)CC3)nn2)cc(OC)c1OC. The van der Waals surface area contributed by atoms with E-state index in [1.54, 1.807) is 40.4 Å². The van der Waals surface area contributed by atoms with Gasteiger partial charge in [-0.1, -0.05) is 11.6 Å². The van der Waals surface area contributed by atoms with Crippen molar-refractivity contribution in [3.8, 4) is 34.3 Å². The minimum Gasteiger partial charge on any atom is -0.493 e. The molecule has 1 aliphatic heterocycles. The average Bonchev–Trinajstić information content (AvgIpc) is 2.93. The molecule has 0 N–H and O–H groups in total. The number of aryl methyl sites for hydroxylation is 1. The maximum absolute atomic E-state index is 12.9. The third-order valence-electron chi connectivity index (χ3n) is 6.32. The summed E-state index contributed by atoms with van der Waals surface area (Å²) in [7, 11) is 4.72. The number of ether oxygens (including phenoxy) is 4. The van der Waals surface area contributed by atoms with Crippen LogP contribution in [0.3, 0.4) is 0 Å². The predicted octanol–water partition coefficient (Wildman–Crippen LogP) is 4.25. The van der Waals surface area contributed by atoms with Crippen LogP contribution in [0.15, 0.2) is 42.5 Å². The molecule has 1 fully saturated rings. The van der Waals surface area contributed by atoms with Gasteiger partial charge in [-0.25, -0.2) is 0 Å². The fourth-order valence-corrected chi connectivity index (χ4v) is 4.35. The molecule has 1 unspecified atom stereocenters. The zero-order valence-electron chi connectivity index (χ0n) is 21.7. The maximum Gasteiger partial charge on any atom is 0.263 e. The number of rotatable bonds is 8. The second kappa shape index (κ2) is 11.6. The zero-order valence-corrected chi connectivity index (χ0v) is 22.4. The summed E-state index contributed by atoms with van der Waals surface area (Å²) in [6.07, 6.45) is -0.593. The first kappa shape index (κ1) is 26.3. The Labute approximate surface area is 221 Å². The topological polar surface area (TPSA) is 86.3 Å². The van der Waals surface area contributed by atoms with Gasteiger partial charge in [-0.05, 0) is 61.9 Å². The number of benzene rings is 2. The molecule has 1 saturated heterocycles. The van der Waals surface area contributed by atoms with Crippen LogP contribution in [0.1, 0.15) is 12.5 Å². The largest absolute Gasteiger partial charge is 0.493 e. The Kier molecular flexibility index (Phi) is 8.23. The zero-order chi connectivity index (χ0) is 26.5. The molecule has 196 valence electrons. The molecule has 3 aromatic rings. The molecule has 0 radical (unpaired) electrons. The first-order valence-electron chi connectivity index (χ1n) is 11.9. The van der Waals surface area contributed by atoms with Crippen LogP contribution in [0.4, 0.5) is 5.82 Å². The molecular formula is C27H31ClN4O5. The highest BCUT2D eigenvalue weighted by molar-refractivity contribution is 6.31. The standard InChI is InChI=1S/C27H31ClN4O5/c1-17-14-20(6-7-21(17)28)37-18(2)27(33)32-12-10-31(11-13-32)25-9-8-22(29-30-25)19-15-23(34-3)26(36-5)24(16-19)35-4/h6-9,14-16,18H,10-13H2,1-5H3. The first-order chi connectivity index (χ1) is 17.8. The van der Waals surface area contributed by atoms with Gasteiger partial charge in [0.05, 0.1) is 27.0 Å². The number of carbonyl (C=O) groups excluding carboxylic acids is 1. The van der Waals surface area contributed by atoms with Gasteiger partial charge in [0.1, 0.15) is 5.75 Å². The van der Waals surface area contributed by atoms with Gasteiger partial charge in [-0.15, -0.1) is 10.2 Å². The second-order valence-electron chi connectivity index (χ2n) is 8.67. The molecule has 1 aromatic heterocycles. The van der Waals surface area contributed by atoms with Crippen LogP contribution in [0, 0.1) is 6.92 Å². The number of hydrogen-bond donors (Lipinski definition) is 0. The van der Waals surface area contributed by atoms with Crippen molar-refractivity contribution in [2.24, 2.45) is 0 Å². The average molecular weight is 527 g/mol. The fraction of sp³-hybridized carbons (Fsp3) is 0.370. The van der Waals surface area contributed by atoms with E-state index in [-0.39, 0.29) is 5.91 Å². The molecule has 2 aromatic carbocycles. The van der Waals surface area contributed by atoms with E-state index in [4.69, 9.17) is 30.5 Å². The minimum absolute atomic E-state index is 0.0453. The van der Waals surface area contributed by atoms with Crippen LogP contribution in [-0.2, 0) is 4.79 Å². The van der Waals surface area contributed by atoms with Crippen LogP contribution < -0.4 is 23.8 Å². The van der Waals surface area contributed by atoms with E-state index >= 15 is 0 Å². The smallest absolute Gasteiger partial charge is 0.263 e. The summed E-state index contributed by atoms with van der Waals surface area (Å²) in [5.74, 6) is 2.96. The number of aromatic nitrogens is 2. The van der Waals surface area contributed by atoms with E-state index in [2.05, 4.69) is 15.1 Å². The molecule has 0 saturated carbocycles. The maximum atomic E-state index is 12.9. The lowest BCUT2D eigenvalue weighted by Crippen LogP contribution is -2.52. The van der Waals surface area contributed by atoms with Crippen LogP contribution in [0.5, 0.6) is 23.0 Å². The monoisotopic (exact) mass is 526 g/mol. The number of amides is 1. The molecule has 37 heavy (non-hydrogen) atoms. The van der Waals surface area contributed by atoms with E-state index in [0.29, 0.717) is 59.9 Å². The number of halogens is 1. The first-order valence-corrected chi connectivity index (χ1v) is 12.3. The molecule has 0 aliphatic carbocycles. The van der Waals surface area contributed by atoms with Crippen molar-refractivity contribution in [1.82, 2.24) is 15.1 Å². The summed E-state index contributed by atoms with van der Waals surface area (Å²) < 4.78 is 22.1. The van der Waals surface area contributed by atoms with Crippen molar-refractivity contribution >= 4 is 23.3 Å². The number of piperazine rings is 1. The van der Waals surface area contributed by atoms with Gasteiger partial charge < -0.3 is 28.7 Å². The summed E-state index contributed by atoms with van der Waals surface area (Å²) in [5, 5.41) is 9.52. The molecule has 10 heteroatoms. The summed E-state index contributed by atoms with van der Waals surface area (Å²) in [6, 6.07) is 12.9. The molecule has 1 amide bonds. The Hall–Kier alpha value is -3.72. The van der Waals surface area contributed by atoms with E-state index in [1.807, 2.05) is 42.2 Å². The lowest BCUT2D eigenvalue weighted by molar-refractivity contribution is -0.138. The van der Waals surface area contributed by atoms with Crippen LogP contribution in [-0.4, -0.2) is 74.6 Å². The van der Waals surface area contributed by atoms with Crippen molar-refractivity contribution in [3.05, 3.63) is 53.1 Å². The van der Waals surface area contributed by atoms with Gasteiger partial charge in [0.15, 0.2) is 23.4 Å². The van der Waals surface area contributed by atoms with Gasteiger partial charge in [-0.2, -0.15) is 0 Å². The van der Waals surface area contributed by atoms with Crippen LogP contribution in [0.2, 0.25) is 5.02 Å². The number of nitrogens with zero attached hydrogens (tertiary/aromatic N) is 4. The van der Waals surface area contributed by atoms with Gasteiger partial charge in [0.25, 0.3) is 5.91 Å². The number of hydrogen-bond acceptors (Lipinski definition) is 8. The molecular weight excluding hydrogens is 496 g/mol. The predicted molar refractivity (Wildman–Crippen MR) is 142 cm³/mol. The lowest BCUT2D eigenvalue weighted by Gasteiger charge is -2.36. The Morgan fingerprint density at radius 1 is 0.919 bits per heavy atom. The number of carbonyl (C=O) groups is 1. The van der Waals surface area contributed by atoms with E-state index < -0.39 is 6.10 Å². The quantitative estimate of drug-likeness (QED) is 0.430. The lowest BCUT2D eigenvalue weighted by atomic mass is 10.1. The number of anilines is 1. The van der Waals surface area contributed by atoms with Gasteiger partial charge in [-0.3, -0.25) is 4.79 Å². The highest BCUT2D eigenvalue weighted by Gasteiger charge is 2.27. The molecule has 4 rings (SSSR count). The van der Waals surface area contributed by atoms with Crippen molar-refractivity contribution in [2.45, 2.75) is 20.0 Å². The summed E-state index contributed by atoms with van der Waals surface area (Å²) in [5.41, 5.74) is 2.39. The van der Waals surface area contributed by atoms with E-state index in [0.717, 1.165) is 16.9 Å². The highest BCUT2D eigenvalue weighted by atomic mass is 35.5. The van der Waals surface area contributed by atoms with Crippen molar-refractivity contribution in [2.75, 3.05) is 52.4 Å². The van der Waals surface area contributed by atoms with Gasteiger partial charge in [0, 0.05) is 36.8 Å². The normalized spacial score (nSPS) is 14.2. The molecule has 1 aliphatic rings. The third kappa shape index (κ3) is 5.83. The molecule has 0 bridgehead atoms. The molecule has 9 nitrogen and oxygen atoms in total. The van der Waals surface area contributed by atoms with Crippen LogP contribution in [0.25, 0.3) is 11.3 Å². The molecule has 0 spiro atoms. The van der Waals surface area contributed by atoms with Gasteiger partial charge in [0.2, 0.25) is 5.75 Å². The Balaban J connectivity index is 1.37. The number of methoxy groups -OCH3 is 3. The Bertz CT molecular complexity index is 1220. The Morgan fingerprint density at radius 3 is 2.14 bits per heavy atom. The van der Waals surface area contributed by atoms with E-state index in [9.17, 15) is 4.79 Å². The minimum atomic E-state index is -0.593. The van der Waals surface area contributed by atoms with Crippen LogP contribution >= 0.6 is 11.6 Å². The summed E-state index contributed by atoms with van der Waals surface area (Å²) in [4.78, 5) is 16.9. The summed E-state index contributed by atoms with van der Waals surface area (Å²) in [6.45, 7) is 6.12. The fourth-order valence-electron chi connectivity index (χ4n) is 4.23. The van der Waals surface area contributed by atoms with E-state index in [1.165, 1.54) is 0 Å². The second-order valence-corrected chi connectivity index (χ2v) is 9.08. The van der Waals surface area contributed by atoms with Crippen molar-refractivity contribution < 1.29 is 23.7 Å². The third-order valence-corrected chi connectivity index (χ3v) is 6.74. The highest BCUT2D eigenvalue weighted by Crippen LogP contribution is 2.40. The van der Waals surface area contributed by atoms with Gasteiger partial charge >= 0.3 is 0 Å². The van der Waals surface area contributed by atoms with Crippen molar-refractivity contribution in [1.29, 1.82) is 0 Å². The molecule has 1 atom stereocenters. The van der Waals surface area contributed by atoms with Crippen molar-refractivity contribution in [3.63, 3.8) is 0 Å². The molecule has 2 heterocycles.